The molecule has 0 aliphatic carbocycles. The largest absolute Gasteiger partial charge is 0.493 e. The summed E-state index contributed by atoms with van der Waals surface area (Å²) in [5.41, 5.74) is 2.58. The molecule has 0 saturated carbocycles. The second kappa shape index (κ2) is 8.05. The van der Waals surface area contributed by atoms with Gasteiger partial charge in [-0.2, -0.15) is 0 Å². The molecule has 0 bridgehead atoms. The van der Waals surface area contributed by atoms with E-state index in [2.05, 4.69) is 20.8 Å². The summed E-state index contributed by atoms with van der Waals surface area (Å²) in [4.78, 5) is 12.1. The van der Waals surface area contributed by atoms with Gasteiger partial charge in [0, 0.05) is 12.1 Å². The van der Waals surface area contributed by atoms with E-state index in [-0.39, 0.29) is 5.91 Å². The molecule has 0 spiro atoms. The zero-order valence-electron chi connectivity index (χ0n) is 13.9. The minimum atomic E-state index is -0.0535. The molecule has 0 atom stereocenters. The van der Waals surface area contributed by atoms with Gasteiger partial charge in [0.25, 0.3) is 0 Å². The third kappa shape index (κ3) is 4.63. The molecule has 3 aromatic rings. The number of anilines is 1. The standard InChI is InChI=1S/C18H19N5O2/c1-14-6-2-3-9-17(14)25-11-5-10-18(24)20-15-7-4-8-16(12-15)23-13-19-21-22-23/h2-4,6-9,12-13H,5,10-11H2,1H3,(H,20,24). The lowest BCUT2D eigenvalue weighted by Gasteiger charge is -2.09. The van der Waals surface area contributed by atoms with E-state index in [0.29, 0.717) is 25.1 Å². The highest BCUT2D eigenvalue weighted by Crippen LogP contribution is 2.17. The van der Waals surface area contributed by atoms with Gasteiger partial charge in [0.05, 0.1) is 12.3 Å². The van der Waals surface area contributed by atoms with Crippen molar-refractivity contribution in [2.75, 3.05) is 11.9 Å². The van der Waals surface area contributed by atoms with Gasteiger partial charge in [-0.3, -0.25) is 4.79 Å². The fourth-order valence-corrected chi connectivity index (χ4v) is 2.36. The van der Waals surface area contributed by atoms with Crippen LogP contribution in [0.5, 0.6) is 5.75 Å². The SMILES string of the molecule is Cc1ccccc1OCCCC(=O)Nc1cccc(-n2cnnn2)c1. The van der Waals surface area contributed by atoms with Crippen LogP contribution in [0.4, 0.5) is 5.69 Å². The molecule has 7 heteroatoms. The number of hydrogen-bond donors (Lipinski definition) is 1. The molecule has 0 fully saturated rings. The van der Waals surface area contributed by atoms with Crippen molar-refractivity contribution in [3.8, 4) is 11.4 Å². The van der Waals surface area contributed by atoms with E-state index in [1.54, 1.807) is 0 Å². The van der Waals surface area contributed by atoms with Crippen LogP contribution in [0.3, 0.4) is 0 Å². The zero-order chi connectivity index (χ0) is 17.5. The highest BCUT2D eigenvalue weighted by Gasteiger charge is 2.05. The lowest BCUT2D eigenvalue weighted by Crippen LogP contribution is -2.13. The molecule has 7 nitrogen and oxygen atoms in total. The zero-order valence-corrected chi connectivity index (χ0v) is 13.9. The molecule has 0 unspecified atom stereocenters. The van der Waals surface area contributed by atoms with Crippen LogP contribution in [-0.4, -0.2) is 32.7 Å². The molecule has 0 radical (unpaired) electrons. The van der Waals surface area contributed by atoms with Crippen LogP contribution < -0.4 is 10.1 Å². The monoisotopic (exact) mass is 337 g/mol. The molecule has 0 aliphatic rings. The van der Waals surface area contributed by atoms with Gasteiger partial charge >= 0.3 is 0 Å². The summed E-state index contributed by atoms with van der Waals surface area (Å²) in [6.45, 7) is 2.50. The van der Waals surface area contributed by atoms with Crippen LogP contribution in [0.1, 0.15) is 18.4 Å². The van der Waals surface area contributed by atoms with Gasteiger partial charge in [-0.1, -0.05) is 24.3 Å². The number of nitrogens with zero attached hydrogens (tertiary/aromatic N) is 4. The van der Waals surface area contributed by atoms with E-state index >= 15 is 0 Å². The van der Waals surface area contributed by atoms with E-state index in [4.69, 9.17) is 4.74 Å². The maximum absolute atomic E-state index is 12.1. The third-order valence-corrected chi connectivity index (χ3v) is 3.64. The average molecular weight is 337 g/mol. The fourth-order valence-electron chi connectivity index (χ4n) is 2.36. The molecular formula is C18H19N5O2. The fraction of sp³-hybridized carbons (Fsp3) is 0.222. The topological polar surface area (TPSA) is 81.9 Å². The van der Waals surface area contributed by atoms with E-state index in [9.17, 15) is 4.79 Å². The lowest BCUT2D eigenvalue weighted by atomic mass is 10.2. The maximum Gasteiger partial charge on any atom is 0.224 e. The van der Waals surface area contributed by atoms with Crippen molar-refractivity contribution in [2.45, 2.75) is 19.8 Å². The third-order valence-electron chi connectivity index (χ3n) is 3.64. The molecule has 0 saturated heterocycles. The number of tetrazole rings is 1. The minimum absolute atomic E-state index is 0.0535. The number of amides is 1. The Morgan fingerprint density at radius 2 is 2.08 bits per heavy atom. The smallest absolute Gasteiger partial charge is 0.224 e. The Labute approximate surface area is 145 Å². The number of aryl methyl sites for hydroxylation is 1. The van der Waals surface area contributed by atoms with Gasteiger partial charge in [0.15, 0.2) is 0 Å². The van der Waals surface area contributed by atoms with Gasteiger partial charge < -0.3 is 10.1 Å². The van der Waals surface area contributed by atoms with Gasteiger partial charge in [-0.25, -0.2) is 4.68 Å². The lowest BCUT2D eigenvalue weighted by molar-refractivity contribution is -0.116. The van der Waals surface area contributed by atoms with Crippen molar-refractivity contribution in [1.29, 1.82) is 0 Å². The van der Waals surface area contributed by atoms with Crippen LogP contribution in [0.15, 0.2) is 54.9 Å². The number of aromatic nitrogens is 4. The Hall–Kier alpha value is -3.22. The summed E-state index contributed by atoms with van der Waals surface area (Å²) in [5, 5.41) is 13.9. The van der Waals surface area contributed by atoms with Crippen LogP contribution in [0.25, 0.3) is 5.69 Å². The van der Waals surface area contributed by atoms with Crippen LogP contribution in [0, 0.1) is 6.92 Å². The van der Waals surface area contributed by atoms with Gasteiger partial charge in [-0.05, 0) is 53.6 Å². The Kier molecular flexibility index (Phi) is 5.36. The maximum atomic E-state index is 12.1. The summed E-state index contributed by atoms with van der Waals surface area (Å²) in [6, 6.07) is 15.2. The Balaban J connectivity index is 1.47. The Bertz CT molecular complexity index is 833. The number of carbonyl (C=O) groups is 1. The molecule has 1 heterocycles. The summed E-state index contributed by atoms with van der Waals surface area (Å²) >= 11 is 0. The summed E-state index contributed by atoms with van der Waals surface area (Å²) in [6.07, 6.45) is 2.54. The summed E-state index contributed by atoms with van der Waals surface area (Å²) in [5.74, 6) is 0.805. The van der Waals surface area contributed by atoms with Gasteiger partial charge in [0.1, 0.15) is 12.1 Å². The van der Waals surface area contributed by atoms with Crippen molar-refractivity contribution < 1.29 is 9.53 Å². The van der Waals surface area contributed by atoms with Crippen molar-refractivity contribution in [2.24, 2.45) is 0 Å². The second-order valence-electron chi connectivity index (χ2n) is 5.57. The van der Waals surface area contributed by atoms with E-state index in [0.717, 1.165) is 17.0 Å². The first-order valence-electron chi connectivity index (χ1n) is 8.04. The predicted molar refractivity (Wildman–Crippen MR) is 93.7 cm³/mol. The quantitative estimate of drug-likeness (QED) is 0.670. The number of carbonyl (C=O) groups excluding carboxylic acids is 1. The molecule has 25 heavy (non-hydrogen) atoms. The molecule has 128 valence electrons. The number of para-hydroxylation sites is 1. The Morgan fingerprint density at radius 3 is 2.88 bits per heavy atom. The van der Waals surface area contributed by atoms with Crippen LogP contribution >= 0.6 is 0 Å². The minimum Gasteiger partial charge on any atom is -0.493 e. The van der Waals surface area contributed by atoms with E-state index in [1.165, 1.54) is 11.0 Å². The van der Waals surface area contributed by atoms with Crippen molar-refractivity contribution in [3.05, 3.63) is 60.4 Å². The first kappa shape index (κ1) is 16.6. The number of rotatable bonds is 7. The molecule has 0 aliphatic heterocycles. The van der Waals surface area contributed by atoms with E-state index in [1.807, 2.05) is 55.5 Å². The van der Waals surface area contributed by atoms with Crippen LogP contribution in [-0.2, 0) is 4.79 Å². The molecule has 2 aromatic carbocycles. The molecule has 1 amide bonds. The van der Waals surface area contributed by atoms with Gasteiger partial charge in [0.2, 0.25) is 5.91 Å². The highest BCUT2D eigenvalue weighted by molar-refractivity contribution is 5.90. The normalized spacial score (nSPS) is 10.4. The Morgan fingerprint density at radius 1 is 1.20 bits per heavy atom. The summed E-state index contributed by atoms with van der Waals surface area (Å²) in [7, 11) is 0. The first-order valence-corrected chi connectivity index (χ1v) is 8.04. The number of hydrogen-bond acceptors (Lipinski definition) is 5. The predicted octanol–water partition coefficient (Wildman–Crippen LogP) is 2.77. The van der Waals surface area contributed by atoms with Crippen molar-refractivity contribution in [1.82, 2.24) is 20.2 Å². The van der Waals surface area contributed by atoms with Crippen LogP contribution in [0.2, 0.25) is 0 Å². The highest BCUT2D eigenvalue weighted by atomic mass is 16.5. The number of nitrogens with one attached hydrogen (secondary N) is 1. The van der Waals surface area contributed by atoms with Crippen molar-refractivity contribution >= 4 is 11.6 Å². The summed E-state index contributed by atoms with van der Waals surface area (Å²) < 4.78 is 7.23. The van der Waals surface area contributed by atoms with Gasteiger partial charge in [-0.15, -0.1) is 5.10 Å². The molecule has 1 aromatic heterocycles. The van der Waals surface area contributed by atoms with E-state index < -0.39 is 0 Å². The first-order chi connectivity index (χ1) is 12.2. The second-order valence-corrected chi connectivity index (χ2v) is 5.57. The molecular weight excluding hydrogens is 318 g/mol. The molecule has 1 N–H and O–H groups in total. The number of benzene rings is 2. The average Bonchev–Trinajstić information content (AvgIpc) is 3.15. The van der Waals surface area contributed by atoms with Crippen molar-refractivity contribution in [3.63, 3.8) is 0 Å². The number of ether oxygens (including phenoxy) is 1. The molecule has 3 rings (SSSR count).